The molecule has 1 aliphatic heterocycles. The van der Waals surface area contributed by atoms with Crippen LogP contribution in [-0.2, 0) is 14.8 Å². The lowest BCUT2D eigenvalue weighted by atomic mass is 10.2. The highest BCUT2D eigenvalue weighted by Crippen LogP contribution is 2.34. The van der Waals surface area contributed by atoms with Gasteiger partial charge in [0.05, 0.1) is 18.1 Å². The molecule has 1 amide bonds. The molecular weight excluding hydrogens is 396 g/mol. The highest BCUT2D eigenvalue weighted by Gasteiger charge is 2.41. The number of hydrogen-bond acceptors (Lipinski definition) is 8. The number of sulfonamides is 1. The molecule has 0 radical (unpaired) electrons. The standard InChI is InChI=1S/C15H16N4O6S2/c1-25-12-9-10(19(21)22)4-5-13(12)27(23,24)18-7-2-3-11(18)14(20)17-15-16-6-8-26-15/h4-6,8-9,11H,2-3,7H2,1H3,(H,16,17,20). The molecule has 0 bridgehead atoms. The summed E-state index contributed by atoms with van der Waals surface area (Å²) in [6, 6.07) is 2.38. The Bertz CT molecular complexity index is 961. The maximum absolute atomic E-state index is 13.1. The fourth-order valence-corrected chi connectivity index (χ4v) is 5.20. The van der Waals surface area contributed by atoms with E-state index in [1.165, 1.54) is 24.6 Å². The number of nitro groups is 1. The third kappa shape index (κ3) is 3.77. The second-order valence-corrected chi connectivity index (χ2v) is 8.45. The first-order valence-electron chi connectivity index (χ1n) is 7.89. The van der Waals surface area contributed by atoms with E-state index in [9.17, 15) is 23.3 Å². The fraction of sp³-hybridized carbons (Fsp3) is 0.333. The zero-order valence-electron chi connectivity index (χ0n) is 14.2. The highest BCUT2D eigenvalue weighted by molar-refractivity contribution is 7.89. The second kappa shape index (κ2) is 7.58. The van der Waals surface area contributed by atoms with E-state index in [4.69, 9.17) is 4.74 Å². The molecule has 2 heterocycles. The Labute approximate surface area is 159 Å². The van der Waals surface area contributed by atoms with Crippen molar-refractivity contribution in [1.29, 1.82) is 0 Å². The van der Waals surface area contributed by atoms with E-state index in [1.54, 1.807) is 5.38 Å². The summed E-state index contributed by atoms with van der Waals surface area (Å²) >= 11 is 1.23. The van der Waals surface area contributed by atoms with E-state index in [0.29, 0.717) is 18.0 Å². The van der Waals surface area contributed by atoms with Crippen molar-refractivity contribution in [2.45, 2.75) is 23.8 Å². The van der Waals surface area contributed by atoms with Crippen LogP contribution in [-0.4, -0.2) is 48.2 Å². The number of ether oxygens (including phenoxy) is 1. The lowest BCUT2D eigenvalue weighted by Crippen LogP contribution is -2.43. The van der Waals surface area contributed by atoms with Gasteiger partial charge in [0.25, 0.3) is 5.69 Å². The predicted octanol–water partition coefficient (Wildman–Crippen LogP) is 1.85. The van der Waals surface area contributed by atoms with Crippen LogP contribution in [0.2, 0.25) is 0 Å². The number of thiazole rings is 1. The van der Waals surface area contributed by atoms with Gasteiger partial charge >= 0.3 is 0 Å². The fourth-order valence-electron chi connectivity index (χ4n) is 2.87. The number of carbonyl (C=O) groups is 1. The van der Waals surface area contributed by atoms with E-state index < -0.39 is 26.9 Å². The molecule has 12 heteroatoms. The maximum Gasteiger partial charge on any atom is 0.273 e. The topological polar surface area (TPSA) is 132 Å². The highest BCUT2D eigenvalue weighted by atomic mass is 32.2. The monoisotopic (exact) mass is 412 g/mol. The Balaban J connectivity index is 1.91. The van der Waals surface area contributed by atoms with Gasteiger partial charge in [-0.15, -0.1) is 11.3 Å². The first-order valence-corrected chi connectivity index (χ1v) is 10.2. The summed E-state index contributed by atoms with van der Waals surface area (Å²) in [4.78, 5) is 26.5. The molecule has 1 fully saturated rings. The molecule has 2 aromatic rings. The summed E-state index contributed by atoms with van der Waals surface area (Å²) in [6.07, 6.45) is 2.42. The van der Waals surface area contributed by atoms with Crippen molar-refractivity contribution in [2.75, 3.05) is 19.0 Å². The van der Waals surface area contributed by atoms with Gasteiger partial charge in [-0.25, -0.2) is 13.4 Å². The number of benzene rings is 1. The second-order valence-electron chi connectivity index (χ2n) is 5.69. The molecule has 0 aliphatic carbocycles. The smallest absolute Gasteiger partial charge is 0.273 e. The van der Waals surface area contributed by atoms with Crippen molar-refractivity contribution in [1.82, 2.24) is 9.29 Å². The summed E-state index contributed by atoms with van der Waals surface area (Å²) in [5.41, 5.74) is -0.287. The van der Waals surface area contributed by atoms with Gasteiger partial charge in [0.1, 0.15) is 16.7 Å². The van der Waals surface area contributed by atoms with Gasteiger partial charge in [0, 0.05) is 24.2 Å². The molecule has 1 atom stereocenters. The van der Waals surface area contributed by atoms with Crippen molar-refractivity contribution in [3.8, 4) is 5.75 Å². The Hall–Kier alpha value is -2.57. The number of aromatic nitrogens is 1. The van der Waals surface area contributed by atoms with Crippen LogP contribution >= 0.6 is 11.3 Å². The first-order chi connectivity index (χ1) is 12.8. The van der Waals surface area contributed by atoms with Crippen LogP contribution in [0.3, 0.4) is 0 Å². The van der Waals surface area contributed by atoms with Gasteiger partial charge in [-0.3, -0.25) is 14.9 Å². The third-order valence-corrected chi connectivity index (χ3v) is 6.75. The zero-order chi connectivity index (χ0) is 19.6. The Kier molecular flexibility index (Phi) is 5.39. The third-order valence-electron chi connectivity index (χ3n) is 4.11. The number of rotatable bonds is 6. The van der Waals surface area contributed by atoms with Gasteiger partial charge in [0.15, 0.2) is 5.13 Å². The van der Waals surface area contributed by atoms with Gasteiger partial charge in [-0.05, 0) is 18.9 Å². The van der Waals surface area contributed by atoms with Crippen molar-refractivity contribution >= 4 is 38.1 Å². The van der Waals surface area contributed by atoms with Gasteiger partial charge < -0.3 is 10.1 Å². The number of hydrogen-bond donors (Lipinski definition) is 1. The lowest BCUT2D eigenvalue weighted by Gasteiger charge is -2.23. The van der Waals surface area contributed by atoms with Crippen molar-refractivity contribution in [3.05, 3.63) is 39.9 Å². The predicted molar refractivity (Wildman–Crippen MR) is 97.3 cm³/mol. The maximum atomic E-state index is 13.1. The summed E-state index contributed by atoms with van der Waals surface area (Å²) in [6.45, 7) is 0.165. The molecule has 1 aromatic carbocycles. The van der Waals surface area contributed by atoms with Crippen molar-refractivity contribution in [3.63, 3.8) is 0 Å². The molecule has 1 aliphatic rings. The van der Waals surface area contributed by atoms with Gasteiger partial charge in [-0.2, -0.15) is 4.31 Å². The minimum absolute atomic E-state index is 0.143. The van der Waals surface area contributed by atoms with Crippen LogP contribution in [0.25, 0.3) is 0 Å². The first kappa shape index (κ1) is 19.2. The number of non-ortho nitro benzene ring substituents is 1. The SMILES string of the molecule is COc1cc([N+](=O)[O-])ccc1S(=O)(=O)N1CCCC1C(=O)Nc1nccs1. The number of nitrogens with zero attached hydrogens (tertiary/aromatic N) is 3. The van der Waals surface area contributed by atoms with Crippen LogP contribution < -0.4 is 10.1 Å². The number of amides is 1. The number of methoxy groups -OCH3 is 1. The molecule has 0 spiro atoms. The van der Waals surface area contributed by atoms with Gasteiger partial charge in [0.2, 0.25) is 15.9 Å². The van der Waals surface area contributed by atoms with Crippen LogP contribution in [0, 0.1) is 10.1 Å². The number of carbonyl (C=O) groups excluding carboxylic acids is 1. The molecule has 3 rings (SSSR count). The van der Waals surface area contributed by atoms with E-state index in [0.717, 1.165) is 22.5 Å². The van der Waals surface area contributed by atoms with E-state index in [2.05, 4.69) is 10.3 Å². The molecule has 10 nitrogen and oxygen atoms in total. The summed E-state index contributed by atoms with van der Waals surface area (Å²) < 4.78 is 32.3. The van der Waals surface area contributed by atoms with E-state index >= 15 is 0 Å². The number of nitrogens with one attached hydrogen (secondary N) is 1. The molecular formula is C15H16N4O6S2. The van der Waals surface area contributed by atoms with Crippen LogP contribution in [0.4, 0.5) is 10.8 Å². The number of nitro benzene ring substituents is 1. The van der Waals surface area contributed by atoms with Crippen LogP contribution in [0.15, 0.2) is 34.7 Å². The van der Waals surface area contributed by atoms with Crippen LogP contribution in [0.1, 0.15) is 12.8 Å². The van der Waals surface area contributed by atoms with Gasteiger partial charge in [-0.1, -0.05) is 0 Å². The largest absolute Gasteiger partial charge is 0.495 e. The zero-order valence-corrected chi connectivity index (χ0v) is 15.8. The Morgan fingerprint density at radius 2 is 2.26 bits per heavy atom. The van der Waals surface area contributed by atoms with Crippen molar-refractivity contribution < 1.29 is 22.9 Å². The summed E-state index contributed by atoms with van der Waals surface area (Å²) in [7, 11) is -2.86. The number of anilines is 1. The molecule has 1 unspecified atom stereocenters. The minimum Gasteiger partial charge on any atom is -0.495 e. The average molecular weight is 412 g/mol. The minimum atomic E-state index is -4.09. The summed E-state index contributed by atoms with van der Waals surface area (Å²) in [5.74, 6) is -0.609. The molecule has 144 valence electrons. The Morgan fingerprint density at radius 3 is 2.89 bits per heavy atom. The summed E-state index contributed by atoms with van der Waals surface area (Å²) in [5, 5.41) is 15.6. The van der Waals surface area contributed by atoms with Crippen molar-refractivity contribution in [2.24, 2.45) is 0 Å². The average Bonchev–Trinajstić information content (AvgIpc) is 3.32. The molecule has 1 N–H and O–H groups in total. The van der Waals surface area contributed by atoms with E-state index in [-0.39, 0.29) is 22.9 Å². The molecule has 1 aromatic heterocycles. The Morgan fingerprint density at radius 1 is 1.48 bits per heavy atom. The molecule has 1 saturated heterocycles. The van der Waals surface area contributed by atoms with Crippen LogP contribution in [0.5, 0.6) is 5.75 Å². The van der Waals surface area contributed by atoms with E-state index in [1.807, 2.05) is 0 Å². The quantitative estimate of drug-likeness (QED) is 0.565. The lowest BCUT2D eigenvalue weighted by molar-refractivity contribution is -0.385. The molecule has 27 heavy (non-hydrogen) atoms. The molecule has 0 saturated carbocycles. The normalized spacial score (nSPS) is 17.6.